The van der Waals surface area contributed by atoms with Crippen molar-refractivity contribution < 1.29 is 44.8 Å². The molecule has 1 aliphatic heterocycles. The number of hydrogen-bond acceptors (Lipinski definition) is 7. The Bertz CT molecular complexity index is 1210. The molecule has 1 aliphatic rings. The predicted octanol–water partition coefficient (Wildman–Crippen LogP) is 3.35. The molecule has 11 nitrogen and oxygen atoms in total. The summed E-state index contributed by atoms with van der Waals surface area (Å²) < 4.78 is 67.5. The van der Waals surface area contributed by atoms with Gasteiger partial charge in [-0.05, 0) is 24.9 Å². The van der Waals surface area contributed by atoms with Gasteiger partial charge in [-0.2, -0.15) is 5.10 Å². The van der Waals surface area contributed by atoms with Crippen molar-refractivity contribution in [1.29, 1.82) is 0 Å². The fourth-order valence-corrected chi connectivity index (χ4v) is 4.65. The first kappa shape index (κ1) is 35.4. The summed E-state index contributed by atoms with van der Waals surface area (Å²) in [5, 5.41) is 18.2. The fraction of sp³-hybridized carbons (Fsp3) is 0.708. The zero-order chi connectivity index (χ0) is 32.2. The molecular weight excluding hydrogens is 593 g/mol. The van der Waals surface area contributed by atoms with Gasteiger partial charge in [-0.25, -0.2) is 9.48 Å². The van der Waals surface area contributed by atoms with Gasteiger partial charge in [-0.1, -0.05) is 26.0 Å². The number of amides is 1. The minimum atomic E-state index is -10.7. The summed E-state index contributed by atoms with van der Waals surface area (Å²) in [6, 6.07) is -0.898. The van der Waals surface area contributed by atoms with Crippen molar-refractivity contribution in [3.05, 3.63) is 29.3 Å². The molecule has 1 amide bonds. The molecule has 242 valence electrons. The molecule has 3 N–H and O–H groups in total. The molecular formula is C24H41F6N8O3P. The number of carbonyl (C=O) groups is 2. The van der Waals surface area contributed by atoms with Crippen LogP contribution in [-0.4, -0.2) is 80.9 Å². The molecule has 18 heteroatoms. The third-order valence-corrected chi connectivity index (χ3v) is 6.66. The van der Waals surface area contributed by atoms with Gasteiger partial charge in [0.05, 0.1) is 25.0 Å². The van der Waals surface area contributed by atoms with E-state index in [0.29, 0.717) is 12.5 Å². The Hall–Kier alpha value is -2.78. The van der Waals surface area contributed by atoms with E-state index in [1.54, 1.807) is 9.36 Å². The second kappa shape index (κ2) is 12.4. The number of likely N-dealkylation sites (tertiary alicyclic amines) is 1. The summed E-state index contributed by atoms with van der Waals surface area (Å²) in [7, 11) is -5.36. The molecule has 0 aliphatic carbocycles. The molecule has 3 heterocycles. The van der Waals surface area contributed by atoms with E-state index in [1.165, 1.54) is 7.11 Å². The maximum atomic E-state index is 13.5. The number of aryl methyl sites for hydroxylation is 2. The number of nitrogens with one attached hydrogen (secondary N) is 1. The summed E-state index contributed by atoms with van der Waals surface area (Å²) in [5.74, 6) is -0.800. The number of esters is 1. The first-order chi connectivity index (χ1) is 18.9. The normalized spacial score (nSPS) is 18.2. The Labute approximate surface area is 240 Å². The van der Waals surface area contributed by atoms with Crippen LogP contribution in [0.25, 0.3) is 0 Å². The second-order valence-electron chi connectivity index (χ2n) is 11.7. The van der Waals surface area contributed by atoms with Crippen molar-refractivity contribution in [3.8, 4) is 0 Å². The first-order valence-corrected chi connectivity index (χ1v) is 15.3. The Balaban J connectivity index is 0.000000782. The number of quaternary nitrogens is 1. The molecule has 2 aromatic heterocycles. The van der Waals surface area contributed by atoms with Crippen LogP contribution in [0.3, 0.4) is 0 Å². The maximum absolute atomic E-state index is 13.5. The van der Waals surface area contributed by atoms with Crippen LogP contribution >= 0.6 is 7.81 Å². The predicted molar refractivity (Wildman–Crippen MR) is 144 cm³/mol. The monoisotopic (exact) mass is 634 g/mol. The van der Waals surface area contributed by atoms with E-state index in [-0.39, 0.29) is 5.91 Å². The van der Waals surface area contributed by atoms with E-state index in [2.05, 4.69) is 38.0 Å². The fourth-order valence-electron chi connectivity index (χ4n) is 4.65. The van der Waals surface area contributed by atoms with Crippen molar-refractivity contribution in [2.24, 2.45) is 12.5 Å². The van der Waals surface area contributed by atoms with Crippen molar-refractivity contribution in [2.75, 3.05) is 27.2 Å². The van der Waals surface area contributed by atoms with Gasteiger partial charge in [0.25, 0.3) is 0 Å². The summed E-state index contributed by atoms with van der Waals surface area (Å²) >= 11 is 0. The molecule has 0 bridgehead atoms. The second-order valence-corrected chi connectivity index (χ2v) is 13.6. The SMILES string of the molecule is COC(=O)C(Cc1cn(C)nc1C)NC(=O)C(n1cc(C[NH2+]C2CCN(C)CC2)nn1)C(C)(C)C.F[P-](F)(F)(F)(F)F. The summed E-state index contributed by atoms with van der Waals surface area (Å²) in [4.78, 5) is 28.4. The molecule has 0 radical (unpaired) electrons. The van der Waals surface area contributed by atoms with Crippen LogP contribution in [0, 0.1) is 12.3 Å². The topological polar surface area (TPSA) is 124 Å². The standard InChI is InChI=1S/C24H40N8O3.F6P/c1-16-17(14-31(6)28-16)12-20(23(34)35-7)26-22(33)21(24(2,3)4)32-15-19(27-29-32)13-25-18-8-10-30(5)11-9-18;1-7(2,3,4,5)6/h14-15,18,20-21,25H,8-13H2,1-7H3,(H,26,33);/q;-1/p+1. The molecule has 3 rings (SSSR count). The van der Waals surface area contributed by atoms with Gasteiger partial charge >= 0.3 is 39.0 Å². The zero-order valence-electron chi connectivity index (χ0n) is 24.8. The van der Waals surface area contributed by atoms with Gasteiger partial charge in [0.1, 0.15) is 24.3 Å². The number of ether oxygens (including phenoxy) is 1. The summed E-state index contributed by atoms with van der Waals surface area (Å²) in [5.41, 5.74) is 2.06. The number of methoxy groups -OCH3 is 1. The molecule has 0 aromatic carbocycles. The Morgan fingerprint density at radius 1 is 1.12 bits per heavy atom. The van der Waals surface area contributed by atoms with E-state index in [9.17, 15) is 34.8 Å². The summed E-state index contributed by atoms with van der Waals surface area (Å²) in [6.07, 6.45) is 6.30. The van der Waals surface area contributed by atoms with E-state index < -0.39 is 31.3 Å². The molecule has 2 unspecified atom stereocenters. The van der Waals surface area contributed by atoms with Gasteiger partial charge < -0.3 is 20.3 Å². The third-order valence-electron chi connectivity index (χ3n) is 6.66. The van der Waals surface area contributed by atoms with E-state index in [0.717, 1.165) is 49.4 Å². The van der Waals surface area contributed by atoms with Crippen LogP contribution < -0.4 is 10.6 Å². The number of piperidine rings is 1. The number of carbonyl (C=O) groups excluding carboxylic acids is 2. The number of hydrogen-bond donors (Lipinski definition) is 2. The molecule has 0 spiro atoms. The van der Waals surface area contributed by atoms with Crippen LogP contribution in [0.5, 0.6) is 0 Å². The molecule has 2 atom stereocenters. The van der Waals surface area contributed by atoms with Gasteiger partial charge in [-0.15, -0.1) is 5.10 Å². The Kier molecular flexibility index (Phi) is 10.5. The van der Waals surface area contributed by atoms with Crippen molar-refractivity contribution in [3.63, 3.8) is 0 Å². The number of nitrogens with two attached hydrogens (primary N) is 1. The number of halogens is 6. The van der Waals surface area contributed by atoms with Crippen LogP contribution in [0.15, 0.2) is 12.4 Å². The number of aromatic nitrogens is 5. The van der Waals surface area contributed by atoms with Crippen LogP contribution in [-0.2, 0) is 34.3 Å². The minimum absolute atomic E-state index is 0.295. The van der Waals surface area contributed by atoms with Gasteiger partial charge in [-0.3, -0.25) is 9.48 Å². The molecule has 42 heavy (non-hydrogen) atoms. The van der Waals surface area contributed by atoms with Gasteiger partial charge in [0.15, 0.2) is 0 Å². The number of nitrogens with zero attached hydrogens (tertiary/aromatic N) is 6. The van der Waals surface area contributed by atoms with Crippen molar-refractivity contribution in [2.45, 2.75) is 71.6 Å². The number of rotatable bonds is 9. The van der Waals surface area contributed by atoms with Gasteiger partial charge in [0, 0.05) is 45.6 Å². The first-order valence-electron chi connectivity index (χ1n) is 13.3. The van der Waals surface area contributed by atoms with Crippen LogP contribution in [0.4, 0.5) is 25.2 Å². The molecule has 1 saturated heterocycles. The quantitative estimate of drug-likeness (QED) is 0.247. The molecule has 2 aromatic rings. The van der Waals surface area contributed by atoms with E-state index in [1.807, 2.05) is 47.1 Å². The molecule has 1 fully saturated rings. The average Bonchev–Trinajstić information content (AvgIpc) is 3.40. The zero-order valence-corrected chi connectivity index (χ0v) is 25.7. The Morgan fingerprint density at radius 3 is 2.17 bits per heavy atom. The Morgan fingerprint density at radius 2 is 1.69 bits per heavy atom. The summed E-state index contributed by atoms with van der Waals surface area (Å²) in [6.45, 7) is 10.7. The van der Waals surface area contributed by atoms with E-state index in [4.69, 9.17) is 4.74 Å². The van der Waals surface area contributed by atoms with Crippen molar-refractivity contribution in [1.82, 2.24) is 35.0 Å². The molecule has 0 saturated carbocycles. The average molecular weight is 635 g/mol. The van der Waals surface area contributed by atoms with Crippen LogP contribution in [0.1, 0.15) is 56.6 Å². The van der Waals surface area contributed by atoms with E-state index >= 15 is 0 Å². The van der Waals surface area contributed by atoms with Gasteiger partial charge in [0.2, 0.25) is 5.91 Å². The third kappa shape index (κ3) is 13.0. The van der Waals surface area contributed by atoms with Crippen LogP contribution in [0.2, 0.25) is 0 Å². The van der Waals surface area contributed by atoms with Crippen molar-refractivity contribution >= 4 is 19.7 Å².